The molecule has 0 bridgehead atoms. The maximum Gasteiger partial charge on any atom is 0.408 e. The zero-order valence-corrected chi connectivity index (χ0v) is 16.8. The minimum absolute atomic E-state index is 0.0441. The molecule has 0 heterocycles. The standard InChI is InChI=1S/C23H33NO3/c1-15(2)19-11-9-16(3)13-22(19)27-23(26)24-20-14-18(10-12-21(20)25)17-7-5-4-6-8-17/h4-8,15-16,18-20,22H,9-14H2,1-3H3,(H,24,26)/t16-,18-,19+,20-,22-/m1/s1. The molecule has 4 heteroatoms. The molecule has 0 radical (unpaired) electrons. The molecule has 1 amide bonds. The van der Waals surface area contributed by atoms with Crippen molar-refractivity contribution in [2.24, 2.45) is 17.8 Å². The Labute approximate surface area is 163 Å². The Morgan fingerprint density at radius 3 is 2.56 bits per heavy atom. The van der Waals surface area contributed by atoms with Gasteiger partial charge in [-0.05, 0) is 54.9 Å². The molecule has 2 aliphatic rings. The zero-order valence-electron chi connectivity index (χ0n) is 16.8. The molecule has 27 heavy (non-hydrogen) atoms. The average molecular weight is 372 g/mol. The minimum atomic E-state index is -0.435. The lowest BCUT2D eigenvalue weighted by Crippen LogP contribution is -2.46. The number of Topliss-reactive ketones (excluding diaryl/α,β-unsaturated/α-hetero) is 1. The largest absolute Gasteiger partial charge is 0.446 e. The summed E-state index contributed by atoms with van der Waals surface area (Å²) >= 11 is 0. The fourth-order valence-electron chi connectivity index (χ4n) is 4.76. The Balaban J connectivity index is 1.59. The summed E-state index contributed by atoms with van der Waals surface area (Å²) in [7, 11) is 0. The Morgan fingerprint density at radius 2 is 1.85 bits per heavy atom. The SMILES string of the molecule is CC(C)[C@@H]1CC[C@@H](C)C[C@H]1OC(=O)N[C@@H]1C[C@H](c2ccccc2)CCC1=O. The molecule has 0 aliphatic heterocycles. The number of benzene rings is 1. The smallest absolute Gasteiger partial charge is 0.408 e. The number of carbonyl (C=O) groups is 2. The fourth-order valence-corrected chi connectivity index (χ4v) is 4.76. The molecule has 1 aromatic carbocycles. The molecule has 148 valence electrons. The van der Waals surface area contributed by atoms with E-state index in [0.717, 1.165) is 19.3 Å². The monoisotopic (exact) mass is 371 g/mol. The number of ether oxygens (including phenoxy) is 1. The number of amides is 1. The highest BCUT2D eigenvalue weighted by molar-refractivity contribution is 5.88. The maximum atomic E-state index is 12.6. The first-order chi connectivity index (χ1) is 12.9. The first-order valence-corrected chi connectivity index (χ1v) is 10.5. The Kier molecular flexibility index (Phi) is 6.56. The van der Waals surface area contributed by atoms with Gasteiger partial charge in [-0.25, -0.2) is 4.79 Å². The van der Waals surface area contributed by atoms with Gasteiger partial charge in [0.2, 0.25) is 0 Å². The molecule has 0 saturated heterocycles. The topological polar surface area (TPSA) is 55.4 Å². The molecule has 2 aliphatic carbocycles. The second-order valence-electron chi connectivity index (χ2n) is 8.82. The molecular weight excluding hydrogens is 338 g/mol. The average Bonchev–Trinajstić information content (AvgIpc) is 2.64. The van der Waals surface area contributed by atoms with Gasteiger partial charge in [-0.3, -0.25) is 4.79 Å². The van der Waals surface area contributed by atoms with Crippen LogP contribution >= 0.6 is 0 Å². The van der Waals surface area contributed by atoms with Crippen molar-refractivity contribution in [1.29, 1.82) is 0 Å². The maximum absolute atomic E-state index is 12.6. The van der Waals surface area contributed by atoms with Crippen LogP contribution in [0.4, 0.5) is 4.79 Å². The van der Waals surface area contributed by atoms with Crippen LogP contribution in [0, 0.1) is 17.8 Å². The van der Waals surface area contributed by atoms with Gasteiger partial charge in [0, 0.05) is 6.42 Å². The van der Waals surface area contributed by atoms with Crippen molar-refractivity contribution in [2.75, 3.05) is 0 Å². The van der Waals surface area contributed by atoms with Gasteiger partial charge in [0.15, 0.2) is 5.78 Å². The molecule has 2 fully saturated rings. The lowest BCUT2D eigenvalue weighted by molar-refractivity contribution is -0.122. The number of hydrogen-bond acceptors (Lipinski definition) is 3. The van der Waals surface area contributed by atoms with Crippen molar-refractivity contribution in [3.63, 3.8) is 0 Å². The van der Waals surface area contributed by atoms with Gasteiger partial charge < -0.3 is 10.1 Å². The van der Waals surface area contributed by atoms with Crippen LogP contribution in [0.5, 0.6) is 0 Å². The summed E-state index contributed by atoms with van der Waals surface area (Å²) in [5.41, 5.74) is 1.24. The third-order valence-corrected chi connectivity index (χ3v) is 6.43. The van der Waals surface area contributed by atoms with Crippen molar-refractivity contribution in [1.82, 2.24) is 5.32 Å². The summed E-state index contributed by atoms with van der Waals surface area (Å²) in [5.74, 6) is 1.92. The summed E-state index contributed by atoms with van der Waals surface area (Å²) in [6, 6.07) is 9.83. The first kappa shape index (κ1) is 19.9. The van der Waals surface area contributed by atoms with Crippen molar-refractivity contribution in [3.8, 4) is 0 Å². The summed E-state index contributed by atoms with van der Waals surface area (Å²) in [6.07, 6.45) is 4.78. The number of rotatable bonds is 4. The fraction of sp³-hybridized carbons (Fsp3) is 0.652. The van der Waals surface area contributed by atoms with Gasteiger partial charge in [-0.2, -0.15) is 0 Å². The first-order valence-electron chi connectivity index (χ1n) is 10.5. The van der Waals surface area contributed by atoms with Crippen LogP contribution in [-0.4, -0.2) is 24.0 Å². The normalized spacial score (nSPS) is 31.6. The van der Waals surface area contributed by atoms with E-state index in [9.17, 15) is 9.59 Å². The Morgan fingerprint density at radius 1 is 1.11 bits per heavy atom. The van der Waals surface area contributed by atoms with Crippen LogP contribution in [0.3, 0.4) is 0 Å². The predicted octanol–water partition coefficient (Wildman–Crippen LogP) is 5.08. The van der Waals surface area contributed by atoms with Crippen molar-refractivity contribution < 1.29 is 14.3 Å². The molecule has 4 nitrogen and oxygen atoms in total. The van der Waals surface area contributed by atoms with Crippen LogP contribution in [0.15, 0.2) is 30.3 Å². The van der Waals surface area contributed by atoms with Gasteiger partial charge in [0.05, 0.1) is 6.04 Å². The highest BCUT2D eigenvalue weighted by atomic mass is 16.6. The van der Waals surface area contributed by atoms with Crippen molar-refractivity contribution in [2.45, 2.75) is 77.4 Å². The zero-order chi connectivity index (χ0) is 19.4. The lowest BCUT2D eigenvalue weighted by Gasteiger charge is -2.37. The van der Waals surface area contributed by atoms with E-state index in [1.54, 1.807) is 0 Å². The molecule has 1 aromatic rings. The second kappa shape index (κ2) is 8.90. The van der Waals surface area contributed by atoms with Gasteiger partial charge >= 0.3 is 6.09 Å². The van der Waals surface area contributed by atoms with Gasteiger partial charge in [-0.15, -0.1) is 0 Å². The molecule has 3 rings (SSSR count). The number of carbonyl (C=O) groups excluding carboxylic acids is 2. The number of nitrogens with one attached hydrogen (secondary N) is 1. The van der Waals surface area contributed by atoms with Crippen LogP contribution < -0.4 is 5.32 Å². The second-order valence-corrected chi connectivity index (χ2v) is 8.82. The summed E-state index contributed by atoms with van der Waals surface area (Å²) in [6.45, 7) is 6.62. The van der Waals surface area contributed by atoms with Crippen molar-refractivity contribution in [3.05, 3.63) is 35.9 Å². The van der Waals surface area contributed by atoms with E-state index in [1.165, 1.54) is 12.0 Å². The van der Waals surface area contributed by atoms with E-state index in [1.807, 2.05) is 18.2 Å². The third kappa shape index (κ3) is 5.12. The van der Waals surface area contributed by atoms with Crippen LogP contribution in [0.25, 0.3) is 0 Å². The van der Waals surface area contributed by atoms with Gasteiger partial charge in [0.1, 0.15) is 6.10 Å². The van der Waals surface area contributed by atoms with Crippen LogP contribution in [0.2, 0.25) is 0 Å². The molecule has 2 saturated carbocycles. The Bertz CT molecular complexity index is 642. The van der Waals surface area contributed by atoms with E-state index in [0.29, 0.717) is 36.5 Å². The minimum Gasteiger partial charge on any atom is -0.446 e. The highest BCUT2D eigenvalue weighted by Gasteiger charge is 2.35. The van der Waals surface area contributed by atoms with E-state index >= 15 is 0 Å². The van der Waals surface area contributed by atoms with E-state index in [-0.39, 0.29) is 11.9 Å². The lowest BCUT2D eigenvalue weighted by atomic mass is 9.75. The molecule has 0 aromatic heterocycles. The quantitative estimate of drug-likeness (QED) is 0.803. The summed E-state index contributed by atoms with van der Waals surface area (Å²) < 4.78 is 5.83. The molecule has 0 spiro atoms. The predicted molar refractivity (Wildman–Crippen MR) is 107 cm³/mol. The van der Waals surface area contributed by atoms with Crippen LogP contribution in [0.1, 0.15) is 70.8 Å². The van der Waals surface area contributed by atoms with Crippen molar-refractivity contribution >= 4 is 11.9 Å². The van der Waals surface area contributed by atoms with Gasteiger partial charge in [0.25, 0.3) is 0 Å². The number of ketones is 1. The summed E-state index contributed by atoms with van der Waals surface area (Å²) in [4.78, 5) is 24.9. The molecule has 5 atom stereocenters. The Hall–Kier alpha value is -1.84. The molecule has 1 N–H and O–H groups in total. The number of alkyl carbamates (subject to hydrolysis) is 1. The molecular formula is C23H33NO3. The van der Waals surface area contributed by atoms with E-state index in [2.05, 4.69) is 38.2 Å². The third-order valence-electron chi connectivity index (χ3n) is 6.43. The van der Waals surface area contributed by atoms with E-state index < -0.39 is 12.1 Å². The van der Waals surface area contributed by atoms with Crippen LogP contribution in [-0.2, 0) is 9.53 Å². The summed E-state index contributed by atoms with van der Waals surface area (Å²) in [5, 5.41) is 2.88. The number of hydrogen-bond donors (Lipinski definition) is 1. The van der Waals surface area contributed by atoms with Gasteiger partial charge in [-0.1, -0.05) is 57.5 Å². The van der Waals surface area contributed by atoms with E-state index in [4.69, 9.17) is 4.74 Å². The highest BCUT2D eigenvalue weighted by Crippen LogP contribution is 2.36. The molecule has 0 unspecified atom stereocenters.